The Balaban J connectivity index is 1.35. The van der Waals surface area contributed by atoms with E-state index in [-0.39, 0.29) is 6.03 Å². The second-order valence-corrected chi connectivity index (χ2v) is 7.02. The van der Waals surface area contributed by atoms with Gasteiger partial charge < -0.3 is 15.1 Å². The number of rotatable bonds is 4. The Morgan fingerprint density at radius 2 is 1.68 bits per heavy atom. The maximum atomic E-state index is 12.2. The molecule has 25 heavy (non-hydrogen) atoms. The van der Waals surface area contributed by atoms with Crippen molar-refractivity contribution in [2.45, 2.75) is 32.1 Å². The Labute approximate surface area is 149 Å². The van der Waals surface area contributed by atoms with E-state index in [2.05, 4.69) is 15.5 Å². The SMILES string of the molecule is O=C(NC(=O)N1CCC(CCN2CCCC2)CC1)Nc1ccccc1. The van der Waals surface area contributed by atoms with E-state index in [4.69, 9.17) is 0 Å². The third-order valence-electron chi connectivity index (χ3n) is 5.21. The quantitative estimate of drug-likeness (QED) is 0.882. The van der Waals surface area contributed by atoms with Crippen LogP contribution in [0.3, 0.4) is 0 Å². The number of nitrogens with one attached hydrogen (secondary N) is 2. The van der Waals surface area contributed by atoms with Gasteiger partial charge in [-0.1, -0.05) is 18.2 Å². The first-order valence-electron chi connectivity index (χ1n) is 9.35. The van der Waals surface area contributed by atoms with Crippen LogP contribution in [0.1, 0.15) is 32.1 Å². The average molecular weight is 344 g/mol. The van der Waals surface area contributed by atoms with Crippen LogP contribution in [0.2, 0.25) is 0 Å². The van der Waals surface area contributed by atoms with Crippen molar-refractivity contribution in [2.75, 3.05) is 38.0 Å². The van der Waals surface area contributed by atoms with Gasteiger partial charge in [-0.05, 0) is 69.8 Å². The van der Waals surface area contributed by atoms with Crippen molar-refractivity contribution in [1.29, 1.82) is 0 Å². The number of amides is 4. The molecule has 6 nitrogen and oxygen atoms in total. The molecule has 4 amide bonds. The molecule has 0 aromatic heterocycles. The normalized spacial score (nSPS) is 19.0. The molecule has 1 aromatic rings. The number of hydrogen-bond donors (Lipinski definition) is 2. The largest absolute Gasteiger partial charge is 0.327 e. The summed E-state index contributed by atoms with van der Waals surface area (Å²) in [6.45, 7) is 5.15. The zero-order valence-electron chi connectivity index (χ0n) is 14.7. The molecule has 2 N–H and O–H groups in total. The number of piperidine rings is 1. The summed E-state index contributed by atoms with van der Waals surface area (Å²) in [5.74, 6) is 0.697. The van der Waals surface area contributed by atoms with Crippen LogP contribution < -0.4 is 10.6 Å². The Kier molecular flexibility index (Phi) is 6.28. The standard InChI is InChI=1S/C19H28N4O2/c24-18(20-17-6-2-1-3-7-17)21-19(25)23-14-9-16(10-15-23)8-13-22-11-4-5-12-22/h1-3,6-7,16H,4-5,8-15H2,(H2,20,21,24,25). The lowest BCUT2D eigenvalue weighted by Crippen LogP contribution is -2.47. The van der Waals surface area contributed by atoms with E-state index in [1.165, 1.54) is 38.9 Å². The number of imide groups is 1. The van der Waals surface area contributed by atoms with Crippen LogP contribution in [-0.2, 0) is 0 Å². The highest BCUT2D eigenvalue weighted by molar-refractivity contribution is 6.00. The molecule has 0 bridgehead atoms. The fourth-order valence-electron chi connectivity index (χ4n) is 3.66. The zero-order valence-corrected chi connectivity index (χ0v) is 14.7. The first-order valence-corrected chi connectivity index (χ1v) is 9.35. The van der Waals surface area contributed by atoms with Crippen molar-refractivity contribution < 1.29 is 9.59 Å². The van der Waals surface area contributed by atoms with Crippen LogP contribution in [0.25, 0.3) is 0 Å². The van der Waals surface area contributed by atoms with Gasteiger partial charge in [0.2, 0.25) is 0 Å². The highest BCUT2D eigenvalue weighted by atomic mass is 16.2. The summed E-state index contributed by atoms with van der Waals surface area (Å²) < 4.78 is 0. The van der Waals surface area contributed by atoms with Crippen LogP contribution >= 0.6 is 0 Å². The minimum atomic E-state index is -0.479. The summed E-state index contributed by atoms with van der Waals surface area (Å²) >= 11 is 0. The molecule has 0 unspecified atom stereocenters. The highest BCUT2D eigenvalue weighted by Gasteiger charge is 2.24. The van der Waals surface area contributed by atoms with E-state index in [1.54, 1.807) is 17.0 Å². The van der Waals surface area contributed by atoms with Gasteiger partial charge >= 0.3 is 12.1 Å². The maximum absolute atomic E-state index is 12.2. The fraction of sp³-hybridized carbons (Fsp3) is 0.579. The molecule has 2 fully saturated rings. The molecule has 2 aliphatic heterocycles. The van der Waals surface area contributed by atoms with E-state index >= 15 is 0 Å². The predicted octanol–water partition coefficient (Wildman–Crippen LogP) is 3.13. The molecular weight excluding hydrogens is 316 g/mol. The van der Waals surface area contributed by atoms with Gasteiger partial charge in [0.05, 0.1) is 0 Å². The summed E-state index contributed by atoms with van der Waals surface area (Å²) in [6.07, 6.45) is 5.96. The van der Waals surface area contributed by atoms with Gasteiger partial charge in [-0.25, -0.2) is 9.59 Å². The zero-order chi connectivity index (χ0) is 17.5. The number of hydrogen-bond acceptors (Lipinski definition) is 3. The molecule has 0 spiro atoms. The molecule has 136 valence electrons. The summed E-state index contributed by atoms with van der Waals surface area (Å²) in [7, 11) is 0. The van der Waals surface area contributed by atoms with E-state index in [0.29, 0.717) is 11.6 Å². The first-order chi connectivity index (χ1) is 12.2. The molecule has 2 aliphatic rings. The maximum Gasteiger partial charge on any atom is 0.327 e. The Morgan fingerprint density at radius 3 is 2.36 bits per heavy atom. The van der Waals surface area contributed by atoms with Crippen LogP contribution in [-0.4, -0.2) is 54.6 Å². The third-order valence-corrected chi connectivity index (χ3v) is 5.21. The lowest BCUT2D eigenvalue weighted by molar-refractivity contribution is 0.164. The number of benzene rings is 1. The van der Waals surface area contributed by atoms with Gasteiger partial charge in [-0.3, -0.25) is 5.32 Å². The highest BCUT2D eigenvalue weighted by Crippen LogP contribution is 2.22. The molecule has 0 atom stereocenters. The molecule has 6 heteroatoms. The van der Waals surface area contributed by atoms with Crippen LogP contribution in [0.4, 0.5) is 15.3 Å². The minimum Gasteiger partial charge on any atom is -0.324 e. The molecule has 0 aliphatic carbocycles. The van der Waals surface area contributed by atoms with Gasteiger partial charge in [-0.15, -0.1) is 0 Å². The van der Waals surface area contributed by atoms with Crippen molar-refractivity contribution in [3.63, 3.8) is 0 Å². The van der Waals surface area contributed by atoms with Crippen molar-refractivity contribution in [3.8, 4) is 0 Å². The third kappa shape index (κ3) is 5.46. The van der Waals surface area contributed by atoms with Gasteiger partial charge in [0.25, 0.3) is 0 Å². The van der Waals surface area contributed by atoms with Crippen molar-refractivity contribution in [2.24, 2.45) is 5.92 Å². The monoisotopic (exact) mass is 344 g/mol. The number of carbonyl (C=O) groups excluding carboxylic acids is 2. The van der Waals surface area contributed by atoms with Crippen LogP contribution in [0.5, 0.6) is 0 Å². The lowest BCUT2D eigenvalue weighted by Gasteiger charge is -2.32. The summed E-state index contributed by atoms with van der Waals surface area (Å²) in [4.78, 5) is 28.4. The topological polar surface area (TPSA) is 64.7 Å². The average Bonchev–Trinajstić information content (AvgIpc) is 3.14. The predicted molar refractivity (Wildman–Crippen MR) is 98.6 cm³/mol. The second kappa shape index (κ2) is 8.85. The first kappa shape index (κ1) is 17.7. The van der Waals surface area contributed by atoms with E-state index < -0.39 is 6.03 Å². The molecular formula is C19H28N4O2. The second-order valence-electron chi connectivity index (χ2n) is 7.02. The molecule has 1 aromatic carbocycles. The molecule has 2 heterocycles. The number of urea groups is 2. The summed E-state index contributed by atoms with van der Waals surface area (Å²) in [6, 6.07) is 8.35. The Bertz CT molecular complexity index is 564. The summed E-state index contributed by atoms with van der Waals surface area (Å²) in [5.41, 5.74) is 0.674. The molecule has 3 rings (SSSR count). The Morgan fingerprint density at radius 1 is 1.00 bits per heavy atom. The summed E-state index contributed by atoms with van der Waals surface area (Å²) in [5, 5.41) is 5.09. The number of carbonyl (C=O) groups is 2. The van der Waals surface area contributed by atoms with Gasteiger partial charge in [-0.2, -0.15) is 0 Å². The smallest absolute Gasteiger partial charge is 0.324 e. The molecule has 0 saturated carbocycles. The van der Waals surface area contributed by atoms with Crippen LogP contribution in [0, 0.1) is 5.92 Å². The van der Waals surface area contributed by atoms with E-state index in [1.807, 2.05) is 18.2 Å². The van der Waals surface area contributed by atoms with E-state index in [9.17, 15) is 9.59 Å². The fourth-order valence-corrected chi connectivity index (χ4v) is 3.66. The molecule has 2 saturated heterocycles. The number of anilines is 1. The van der Waals surface area contributed by atoms with Gasteiger partial charge in [0, 0.05) is 18.8 Å². The van der Waals surface area contributed by atoms with Crippen molar-refractivity contribution in [1.82, 2.24) is 15.1 Å². The number of para-hydroxylation sites is 1. The van der Waals surface area contributed by atoms with Crippen molar-refractivity contribution in [3.05, 3.63) is 30.3 Å². The lowest BCUT2D eigenvalue weighted by atomic mass is 9.93. The van der Waals surface area contributed by atoms with E-state index in [0.717, 1.165) is 25.9 Å². The van der Waals surface area contributed by atoms with Gasteiger partial charge in [0.15, 0.2) is 0 Å². The van der Waals surface area contributed by atoms with Gasteiger partial charge in [0.1, 0.15) is 0 Å². The number of likely N-dealkylation sites (tertiary alicyclic amines) is 2. The minimum absolute atomic E-state index is 0.300. The number of nitrogens with zero attached hydrogens (tertiary/aromatic N) is 2. The molecule has 0 radical (unpaired) electrons. The Hall–Kier alpha value is -2.08. The van der Waals surface area contributed by atoms with Crippen molar-refractivity contribution >= 4 is 17.7 Å². The van der Waals surface area contributed by atoms with Crippen LogP contribution in [0.15, 0.2) is 30.3 Å².